The fourth-order valence-electron chi connectivity index (χ4n) is 5.10. The smallest absolute Gasteiger partial charge is 0.413 e. The SMILES string of the molecule is C=C(CCCCC)OC(S)OC(=O)N1CCC(c2c[nH]c3ccc(OC)cc23)CC1.CCC/C=C\C/C=C\CCCCC. The minimum Gasteiger partial charge on any atom is -0.497 e. The Balaban J connectivity index is 0.000000420. The molecule has 0 aliphatic carbocycles. The lowest BCUT2D eigenvalue weighted by Crippen LogP contribution is -2.39. The Bertz CT molecular complexity index is 1120. The molecule has 1 aliphatic heterocycles. The van der Waals surface area contributed by atoms with Crippen molar-refractivity contribution in [2.24, 2.45) is 0 Å². The standard InChI is InChI=1S/C23H32N2O4S.C13H24/c1-4-5-6-7-16(2)28-23(30)29-22(26)25-12-10-17(11-13-25)20-15-24-21-9-8-18(27-3)14-19(20)21;1-3-5-7-9-11-13-12-10-8-6-4-2/h8-9,14-15,17,23-24,30H,2,4-7,10-13H2,1,3H3;7,9,12-13H,3-6,8,10-11H2,1-2H3/b;9-7-,13-12-. The minimum absolute atomic E-state index is 0.385. The largest absolute Gasteiger partial charge is 0.497 e. The number of nitrogens with zero attached hydrogens (tertiary/aromatic N) is 1. The average molecular weight is 613 g/mol. The normalized spacial score (nSPS) is 14.6. The van der Waals surface area contributed by atoms with Gasteiger partial charge in [0.15, 0.2) is 0 Å². The lowest BCUT2D eigenvalue weighted by Gasteiger charge is -2.32. The number of unbranched alkanes of at least 4 members (excludes halogenated alkanes) is 6. The van der Waals surface area contributed by atoms with Crippen molar-refractivity contribution < 1.29 is 19.0 Å². The molecule has 1 N–H and O–H groups in total. The number of benzene rings is 1. The van der Waals surface area contributed by atoms with Crippen molar-refractivity contribution in [3.05, 3.63) is 66.6 Å². The van der Waals surface area contributed by atoms with Crippen LogP contribution in [0.2, 0.25) is 0 Å². The number of nitrogens with one attached hydrogen (secondary N) is 1. The van der Waals surface area contributed by atoms with E-state index in [9.17, 15) is 4.79 Å². The first-order chi connectivity index (χ1) is 20.9. The number of amides is 1. The summed E-state index contributed by atoms with van der Waals surface area (Å²) in [4.78, 5) is 17.5. The molecule has 240 valence electrons. The number of aromatic nitrogens is 1. The van der Waals surface area contributed by atoms with E-state index in [-0.39, 0.29) is 0 Å². The molecule has 0 bridgehead atoms. The molecule has 1 unspecified atom stereocenters. The molecule has 2 aromatic rings. The summed E-state index contributed by atoms with van der Waals surface area (Å²) >= 11 is 4.23. The highest BCUT2D eigenvalue weighted by Gasteiger charge is 2.27. The number of carbonyl (C=O) groups is 1. The number of hydrogen-bond donors (Lipinski definition) is 2. The molecule has 43 heavy (non-hydrogen) atoms. The average Bonchev–Trinajstić information content (AvgIpc) is 3.44. The van der Waals surface area contributed by atoms with Gasteiger partial charge in [-0.2, -0.15) is 0 Å². The summed E-state index contributed by atoms with van der Waals surface area (Å²) in [5, 5.41) is 1.18. The quantitative estimate of drug-likeness (QED) is 0.0613. The summed E-state index contributed by atoms with van der Waals surface area (Å²) in [7, 11) is 1.68. The molecule has 1 aromatic heterocycles. The number of fused-ring (bicyclic) bond motifs is 1. The second-order valence-electron chi connectivity index (χ2n) is 11.2. The number of ether oxygens (including phenoxy) is 3. The van der Waals surface area contributed by atoms with Gasteiger partial charge in [0, 0.05) is 36.6 Å². The van der Waals surface area contributed by atoms with Crippen molar-refractivity contribution >= 4 is 29.6 Å². The first-order valence-electron chi connectivity index (χ1n) is 16.4. The highest BCUT2D eigenvalue weighted by atomic mass is 32.1. The van der Waals surface area contributed by atoms with Crippen molar-refractivity contribution in [3.63, 3.8) is 0 Å². The van der Waals surface area contributed by atoms with Crippen LogP contribution in [0.4, 0.5) is 4.79 Å². The minimum atomic E-state index is -0.926. The third-order valence-corrected chi connectivity index (χ3v) is 7.89. The molecule has 6 nitrogen and oxygen atoms in total. The number of hydrogen-bond acceptors (Lipinski definition) is 5. The third kappa shape index (κ3) is 14.0. The summed E-state index contributed by atoms with van der Waals surface area (Å²) in [6, 6.07) is 6.06. The maximum atomic E-state index is 12.5. The number of rotatable bonds is 17. The first kappa shape index (κ1) is 36.4. The van der Waals surface area contributed by atoms with Crippen LogP contribution in [-0.2, 0) is 9.47 Å². The van der Waals surface area contributed by atoms with Gasteiger partial charge in [-0.05, 0) is 74.6 Å². The van der Waals surface area contributed by atoms with Crippen LogP contribution in [0.25, 0.3) is 10.9 Å². The van der Waals surface area contributed by atoms with E-state index in [1.165, 1.54) is 49.5 Å². The van der Waals surface area contributed by atoms with E-state index < -0.39 is 11.7 Å². The zero-order valence-corrected chi connectivity index (χ0v) is 28.0. The Kier molecular flexibility index (Phi) is 18.5. The van der Waals surface area contributed by atoms with Crippen molar-refractivity contribution in [3.8, 4) is 5.75 Å². The highest BCUT2D eigenvalue weighted by molar-refractivity contribution is 7.80. The molecule has 2 heterocycles. The molecule has 0 saturated carbocycles. The molecule has 0 spiro atoms. The van der Waals surface area contributed by atoms with Crippen LogP contribution >= 0.6 is 12.6 Å². The number of thiol groups is 1. The van der Waals surface area contributed by atoms with Gasteiger partial charge < -0.3 is 24.1 Å². The maximum absolute atomic E-state index is 12.5. The van der Waals surface area contributed by atoms with Gasteiger partial charge in [-0.15, -0.1) is 0 Å². The predicted octanol–water partition coefficient (Wildman–Crippen LogP) is 10.7. The Hall–Kier alpha value is -2.80. The molecule has 1 amide bonds. The molecular formula is C36H56N2O4S. The zero-order valence-electron chi connectivity index (χ0n) is 27.1. The van der Waals surface area contributed by atoms with Gasteiger partial charge in [-0.3, -0.25) is 0 Å². The molecular weight excluding hydrogens is 556 g/mol. The van der Waals surface area contributed by atoms with Gasteiger partial charge >= 0.3 is 6.09 Å². The molecule has 7 heteroatoms. The van der Waals surface area contributed by atoms with Gasteiger partial charge in [0.05, 0.1) is 12.9 Å². The van der Waals surface area contributed by atoms with Crippen LogP contribution in [0.15, 0.2) is 61.0 Å². The van der Waals surface area contributed by atoms with Gasteiger partial charge in [0.1, 0.15) is 5.75 Å². The monoisotopic (exact) mass is 612 g/mol. The van der Waals surface area contributed by atoms with Crippen LogP contribution in [-0.4, -0.2) is 41.8 Å². The Morgan fingerprint density at radius 2 is 1.70 bits per heavy atom. The zero-order chi connectivity index (χ0) is 31.3. The number of aromatic amines is 1. The number of allylic oxidation sites excluding steroid dienone is 5. The Morgan fingerprint density at radius 1 is 1.00 bits per heavy atom. The lowest BCUT2D eigenvalue weighted by atomic mass is 9.89. The van der Waals surface area contributed by atoms with E-state index in [2.05, 4.69) is 81.5 Å². The molecule has 1 aliphatic rings. The Morgan fingerprint density at radius 3 is 2.37 bits per heavy atom. The molecule has 0 radical (unpaired) electrons. The highest BCUT2D eigenvalue weighted by Crippen LogP contribution is 2.35. The molecule has 3 rings (SSSR count). The summed E-state index contributed by atoms with van der Waals surface area (Å²) in [6.07, 6.45) is 25.5. The van der Waals surface area contributed by atoms with E-state index in [1.54, 1.807) is 12.0 Å². The van der Waals surface area contributed by atoms with Crippen LogP contribution in [0.1, 0.15) is 116 Å². The van der Waals surface area contributed by atoms with Crippen LogP contribution in [0, 0.1) is 0 Å². The number of H-pyrrole nitrogens is 1. The summed E-state index contributed by atoms with van der Waals surface area (Å²) in [5.41, 5.74) is 1.45. The molecule has 1 fully saturated rings. The van der Waals surface area contributed by atoms with Crippen LogP contribution in [0.5, 0.6) is 5.75 Å². The van der Waals surface area contributed by atoms with E-state index in [1.807, 2.05) is 12.1 Å². The van der Waals surface area contributed by atoms with Crippen molar-refractivity contribution in [1.29, 1.82) is 0 Å². The molecule has 1 aromatic carbocycles. The van der Waals surface area contributed by atoms with E-state index >= 15 is 0 Å². The van der Waals surface area contributed by atoms with E-state index in [4.69, 9.17) is 14.2 Å². The lowest BCUT2D eigenvalue weighted by molar-refractivity contribution is -0.0264. The predicted molar refractivity (Wildman–Crippen MR) is 184 cm³/mol. The first-order valence-corrected chi connectivity index (χ1v) is 16.9. The van der Waals surface area contributed by atoms with Gasteiger partial charge in [-0.1, -0.05) is 96.4 Å². The third-order valence-electron chi connectivity index (χ3n) is 7.68. The number of methoxy groups -OCH3 is 1. The summed E-state index contributed by atoms with van der Waals surface area (Å²) < 4.78 is 16.2. The van der Waals surface area contributed by atoms with Crippen molar-refractivity contribution in [1.82, 2.24) is 9.88 Å². The maximum Gasteiger partial charge on any atom is 0.413 e. The Labute approximate surface area is 266 Å². The van der Waals surface area contributed by atoms with Crippen LogP contribution in [0.3, 0.4) is 0 Å². The number of carbonyl (C=O) groups excluding carboxylic acids is 1. The summed E-state index contributed by atoms with van der Waals surface area (Å²) in [6.45, 7) is 11.8. The van der Waals surface area contributed by atoms with Gasteiger partial charge in [0.25, 0.3) is 5.62 Å². The second-order valence-corrected chi connectivity index (χ2v) is 11.6. The van der Waals surface area contributed by atoms with Crippen LogP contribution < -0.4 is 4.74 Å². The summed E-state index contributed by atoms with van der Waals surface area (Å²) in [5.74, 6) is 1.83. The number of piperidine rings is 1. The van der Waals surface area contributed by atoms with E-state index in [0.717, 1.165) is 56.2 Å². The second kappa shape index (κ2) is 21.8. The van der Waals surface area contributed by atoms with Gasteiger partial charge in [-0.25, -0.2) is 4.79 Å². The molecule has 1 atom stereocenters. The number of likely N-dealkylation sites (tertiary alicyclic amines) is 1. The van der Waals surface area contributed by atoms with Crippen molar-refractivity contribution in [2.45, 2.75) is 116 Å². The fraction of sp³-hybridized carbons (Fsp3) is 0.583. The van der Waals surface area contributed by atoms with Crippen molar-refractivity contribution in [2.75, 3.05) is 20.2 Å². The van der Waals surface area contributed by atoms with E-state index in [0.29, 0.717) is 24.8 Å². The van der Waals surface area contributed by atoms with Gasteiger partial charge in [0.2, 0.25) is 0 Å². The fourth-order valence-corrected chi connectivity index (χ4v) is 5.34. The topological polar surface area (TPSA) is 63.8 Å². The molecule has 1 saturated heterocycles.